The van der Waals surface area contributed by atoms with Gasteiger partial charge in [0.05, 0.1) is 12.0 Å². The number of carbonyl (C=O) groups is 2. The van der Waals surface area contributed by atoms with E-state index in [1.807, 2.05) is 48.7 Å². The van der Waals surface area contributed by atoms with Crippen molar-refractivity contribution in [2.45, 2.75) is 25.3 Å². The quantitative estimate of drug-likeness (QED) is 0.411. The van der Waals surface area contributed by atoms with Crippen molar-refractivity contribution in [2.75, 3.05) is 13.7 Å². The van der Waals surface area contributed by atoms with Gasteiger partial charge in [0, 0.05) is 23.5 Å². The Morgan fingerprint density at radius 1 is 1.00 bits per heavy atom. The molecule has 0 amide bonds. The van der Waals surface area contributed by atoms with Gasteiger partial charge in [-0.3, -0.25) is 4.79 Å². The van der Waals surface area contributed by atoms with Crippen molar-refractivity contribution in [1.29, 1.82) is 0 Å². The van der Waals surface area contributed by atoms with Crippen LogP contribution in [0.4, 0.5) is 0 Å². The van der Waals surface area contributed by atoms with Gasteiger partial charge in [-0.25, -0.2) is 18.4 Å². The lowest BCUT2D eigenvalue weighted by molar-refractivity contribution is 0.0471. The van der Waals surface area contributed by atoms with Crippen LogP contribution in [0.5, 0.6) is 5.75 Å². The van der Waals surface area contributed by atoms with Crippen molar-refractivity contribution < 1.29 is 27.5 Å². The molecule has 0 fully saturated rings. The molecule has 2 aromatic carbocycles. The van der Waals surface area contributed by atoms with Gasteiger partial charge in [-0.05, 0) is 43.7 Å². The number of methoxy groups -OCH3 is 1. The largest absolute Gasteiger partial charge is 0.496 e. The number of aryl methyl sites for hydroxylation is 1. The summed E-state index contributed by atoms with van der Waals surface area (Å²) in [7, 11) is -2.70. The van der Waals surface area contributed by atoms with Crippen molar-refractivity contribution in [1.82, 2.24) is 4.57 Å². The Morgan fingerprint density at radius 3 is 2.31 bits per heavy atom. The number of Topliss-reactive ketones (excluding diaryl/α,β-unsaturated/α-hetero) is 1. The molecule has 1 aromatic heterocycles. The number of ether oxygens (including phenoxy) is 2. The number of aromatic nitrogens is 1. The first-order valence-electron chi connectivity index (χ1n) is 9.73. The summed E-state index contributed by atoms with van der Waals surface area (Å²) < 4.78 is 35.5. The number of sulfonamides is 1. The Balaban J connectivity index is 1.76. The number of benzene rings is 2. The van der Waals surface area contributed by atoms with Crippen LogP contribution in [-0.2, 0) is 21.3 Å². The molecule has 8 nitrogen and oxygen atoms in total. The van der Waals surface area contributed by atoms with E-state index in [2.05, 4.69) is 0 Å². The van der Waals surface area contributed by atoms with E-state index in [9.17, 15) is 18.0 Å². The third-order valence-corrected chi connectivity index (χ3v) is 6.02. The Bertz CT molecular complexity index is 1260. The summed E-state index contributed by atoms with van der Waals surface area (Å²) in [5.41, 5.74) is 3.09. The highest BCUT2D eigenvalue weighted by Crippen LogP contribution is 2.23. The van der Waals surface area contributed by atoms with Gasteiger partial charge in [0.15, 0.2) is 6.61 Å². The monoisotopic (exact) mass is 456 g/mol. The minimum atomic E-state index is -4.02. The lowest BCUT2D eigenvalue weighted by atomic mass is 10.1. The number of carbonyl (C=O) groups excluding carboxylic acids is 2. The van der Waals surface area contributed by atoms with Crippen LogP contribution in [0.2, 0.25) is 0 Å². The molecule has 0 unspecified atom stereocenters. The number of nitrogens with two attached hydrogens (primary N) is 1. The average molecular weight is 457 g/mol. The van der Waals surface area contributed by atoms with Gasteiger partial charge in [0.25, 0.3) is 0 Å². The third-order valence-electron chi connectivity index (χ3n) is 5.11. The molecule has 0 aliphatic rings. The van der Waals surface area contributed by atoms with Gasteiger partial charge in [0.2, 0.25) is 15.8 Å². The van der Waals surface area contributed by atoms with Gasteiger partial charge in [-0.15, -0.1) is 0 Å². The fourth-order valence-electron chi connectivity index (χ4n) is 3.40. The van der Waals surface area contributed by atoms with Gasteiger partial charge in [-0.1, -0.05) is 30.3 Å². The molecule has 0 saturated carbocycles. The molecule has 0 atom stereocenters. The predicted molar refractivity (Wildman–Crippen MR) is 118 cm³/mol. The summed E-state index contributed by atoms with van der Waals surface area (Å²) in [4.78, 5) is 25.0. The summed E-state index contributed by atoms with van der Waals surface area (Å²) in [5, 5.41) is 5.13. The molecule has 0 aliphatic heterocycles. The minimum absolute atomic E-state index is 0.107. The highest BCUT2D eigenvalue weighted by atomic mass is 32.2. The first-order chi connectivity index (χ1) is 15.1. The summed E-state index contributed by atoms with van der Waals surface area (Å²) in [5.74, 6) is -1.15. The van der Waals surface area contributed by atoms with E-state index < -0.39 is 22.6 Å². The smallest absolute Gasteiger partial charge is 0.342 e. The van der Waals surface area contributed by atoms with E-state index in [1.165, 1.54) is 19.2 Å². The van der Waals surface area contributed by atoms with Crippen molar-refractivity contribution in [2.24, 2.45) is 5.14 Å². The van der Waals surface area contributed by atoms with Crippen LogP contribution < -0.4 is 9.88 Å². The average Bonchev–Trinajstić information content (AvgIpc) is 3.05. The fraction of sp³-hybridized carbons (Fsp3) is 0.217. The molecular weight excluding hydrogens is 432 g/mol. The molecule has 0 bridgehead atoms. The molecule has 3 rings (SSSR count). The van der Waals surface area contributed by atoms with Crippen LogP contribution in [0.15, 0.2) is 59.5 Å². The summed E-state index contributed by atoms with van der Waals surface area (Å²) in [6, 6.07) is 15.2. The van der Waals surface area contributed by atoms with Crippen LogP contribution in [0.3, 0.4) is 0 Å². The number of ketones is 1. The number of hydrogen-bond donors (Lipinski definition) is 1. The summed E-state index contributed by atoms with van der Waals surface area (Å²) >= 11 is 0. The zero-order valence-corrected chi connectivity index (χ0v) is 18.8. The van der Waals surface area contributed by atoms with Crippen molar-refractivity contribution in [3.63, 3.8) is 0 Å². The second-order valence-electron chi connectivity index (χ2n) is 7.26. The standard InChI is InChI=1S/C23H24N2O6S/c1-15-11-19(16(2)25(15)13-17-7-5-4-6-8-17)21(26)14-31-23(27)20-12-18(32(24,28)29)9-10-22(20)30-3/h4-12H,13-14H2,1-3H3,(H2,24,28,29). The molecule has 0 radical (unpaired) electrons. The Morgan fingerprint density at radius 2 is 1.69 bits per heavy atom. The van der Waals surface area contributed by atoms with Crippen molar-refractivity contribution >= 4 is 21.8 Å². The Hall–Kier alpha value is -3.43. The van der Waals surface area contributed by atoms with Crippen molar-refractivity contribution in [3.8, 4) is 5.75 Å². The van der Waals surface area contributed by atoms with E-state index in [4.69, 9.17) is 14.6 Å². The van der Waals surface area contributed by atoms with E-state index in [0.717, 1.165) is 23.0 Å². The second-order valence-corrected chi connectivity index (χ2v) is 8.82. The first kappa shape index (κ1) is 23.2. The second kappa shape index (κ2) is 9.37. The highest BCUT2D eigenvalue weighted by Gasteiger charge is 2.21. The molecule has 9 heteroatoms. The van der Waals surface area contributed by atoms with E-state index >= 15 is 0 Å². The van der Waals surface area contributed by atoms with Crippen LogP contribution in [-0.4, -0.2) is 38.5 Å². The SMILES string of the molecule is COc1ccc(S(N)(=O)=O)cc1C(=O)OCC(=O)c1cc(C)n(Cc2ccccc2)c1C. The third kappa shape index (κ3) is 5.06. The molecule has 0 spiro atoms. The Kier molecular flexibility index (Phi) is 6.81. The maximum Gasteiger partial charge on any atom is 0.342 e. The van der Waals surface area contributed by atoms with Gasteiger partial charge < -0.3 is 14.0 Å². The van der Waals surface area contributed by atoms with Gasteiger partial charge >= 0.3 is 5.97 Å². The topological polar surface area (TPSA) is 118 Å². The predicted octanol–water partition coefficient (Wildman–Crippen LogP) is 2.85. The van der Waals surface area contributed by atoms with Crippen LogP contribution in [0.1, 0.15) is 37.7 Å². The minimum Gasteiger partial charge on any atom is -0.496 e. The summed E-state index contributed by atoms with van der Waals surface area (Å²) in [6.07, 6.45) is 0. The van der Waals surface area contributed by atoms with E-state index in [1.54, 1.807) is 6.07 Å². The lowest BCUT2D eigenvalue weighted by Crippen LogP contribution is -2.17. The molecule has 0 aliphatic carbocycles. The number of rotatable bonds is 8. The van der Waals surface area contributed by atoms with E-state index in [0.29, 0.717) is 12.1 Å². The zero-order chi connectivity index (χ0) is 23.5. The lowest BCUT2D eigenvalue weighted by Gasteiger charge is -2.11. The van der Waals surface area contributed by atoms with Crippen LogP contribution >= 0.6 is 0 Å². The van der Waals surface area contributed by atoms with E-state index in [-0.39, 0.29) is 22.0 Å². The molecule has 0 saturated heterocycles. The number of esters is 1. The fourth-order valence-corrected chi connectivity index (χ4v) is 3.94. The molecular formula is C23H24N2O6S. The molecule has 3 aromatic rings. The molecule has 2 N–H and O–H groups in total. The number of nitrogens with zero attached hydrogens (tertiary/aromatic N) is 1. The summed E-state index contributed by atoms with van der Waals surface area (Å²) in [6.45, 7) is 3.85. The number of primary sulfonamides is 1. The van der Waals surface area contributed by atoms with Crippen LogP contribution in [0.25, 0.3) is 0 Å². The highest BCUT2D eigenvalue weighted by molar-refractivity contribution is 7.89. The van der Waals surface area contributed by atoms with Gasteiger partial charge in [-0.2, -0.15) is 0 Å². The molecule has 1 heterocycles. The number of hydrogen-bond acceptors (Lipinski definition) is 6. The Labute approximate surface area is 186 Å². The van der Waals surface area contributed by atoms with Gasteiger partial charge in [0.1, 0.15) is 11.3 Å². The molecule has 32 heavy (non-hydrogen) atoms. The first-order valence-corrected chi connectivity index (χ1v) is 11.3. The molecule has 168 valence electrons. The van der Waals surface area contributed by atoms with Crippen LogP contribution in [0, 0.1) is 13.8 Å². The maximum absolute atomic E-state index is 12.8. The maximum atomic E-state index is 12.8. The zero-order valence-electron chi connectivity index (χ0n) is 18.0. The van der Waals surface area contributed by atoms with Crippen molar-refractivity contribution in [3.05, 3.63) is 82.7 Å². The normalized spacial score (nSPS) is 11.2.